The van der Waals surface area contributed by atoms with E-state index in [1.54, 1.807) is 0 Å². The van der Waals surface area contributed by atoms with Gasteiger partial charge in [0.1, 0.15) is 44.7 Å². The largest absolute Gasteiger partial charge is 0.492 e. The SMILES string of the molecule is [2H]C1(Oc2cc(OC([2H])([2H])C([2H])([2H])N3CCN(C([2H])([2H])[2H])CC3)cc3ncnc(Nc4c(Cl)ccc5c4OC([2H])([2H])O5)c23)CCOCC1. The lowest BCUT2D eigenvalue weighted by Crippen LogP contribution is -2.45. The zero-order valence-corrected chi connectivity index (χ0v) is 21.0. The van der Waals surface area contributed by atoms with Crippen molar-refractivity contribution in [1.29, 1.82) is 0 Å². The predicted octanol–water partition coefficient (Wildman–Crippen LogP) is 3.94. The summed E-state index contributed by atoms with van der Waals surface area (Å²) in [5, 5.41) is 3.44. The van der Waals surface area contributed by atoms with Crippen LogP contribution in [-0.4, -0.2) is 92.0 Å². The van der Waals surface area contributed by atoms with Crippen molar-refractivity contribution >= 4 is 34.0 Å². The molecule has 10 nitrogen and oxygen atoms in total. The standard InChI is InChI=1S/C27H32ClN5O5/c1-32-6-8-33(9-7-32)10-13-35-19-14-21-24(23(15-19)38-18-4-11-34-12-5-18)27(30-16-29-21)31-25-20(28)2-3-22-26(25)37-17-36-22/h2-3,14-16,18H,4-13,17H2,1H3,(H,29,30,31)/i1D3,10D2,13D2,17D2,18D. The highest BCUT2D eigenvalue weighted by molar-refractivity contribution is 6.34. The first-order valence-corrected chi connectivity index (χ1v) is 12.5. The third kappa shape index (κ3) is 5.54. The number of nitrogens with zero attached hydrogens (tertiary/aromatic N) is 4. The molecule has 0 radical (unpaired) electrons. The molecule has 2 fully saturated rings. The molecule has 38 heavy (non-hydrogen) atoms. The number of halogens is 1. The minimum absolute atomic E-state index is 0.00166. The van der Waals surface area contributed by atoms with Crippen LogP contribution in [-0.2, 0) is 4.74 Å². The molecule has 11 heteroatoms. The van der Waals surface area contributed by atoms with Gasteiger partial charge in [0.15, 0.2) is 11.5 Å². The molecule has 1 N–H and O–H groups in total. The lowest BCUT2D eigenvalue weighted by atomic mass is 10.1. The van der Waals surface area contributed by atoms with Crippen LogP contribution in [0.2, 0.25) is 5.02 Å². The number of ether oxygens (including phenoxy) is 5. The van der Waals surface area contributed by atoms with Crippen molar-refractivity contribution in [2.75, 3.05) is 71.5 Å². The Morgan fingerprint density at radius 1 is 1.21 bits per heavy atom. The monoisotopic (exact) mass is 551 g/mol. The first kappa shape index (κ1) is 16.1. The second-order valence-electron chi connectivity index (χ2n) is 8.74. The Balaban J connectivity index is 1.36. The normalized spacial score (nSPS) is 25.7. The summed E-state index contributed by atoms with van der Waals surface area (Å²) in [5.41, 5.74) is 0.311. The van der Waals surface area contributed by atoms with Crippen LogP contribution in [0.25, 0.3) is 10.9 Å². The summed E-state index contributed by atoms with van der Waals surface area (Å²) >= 11 is 6.48. The Labute approximate surface area is 240 Å². The van der Waals surface area contributed by atoms with Crippen LogP contribution >= 0.6 is 11.6 Å². The van der Waals surface area contributed by atoms with Gasteiger partial charge in [-0.25, -0.2) is 9.97 Å². The van der Waals surface area contributed by atoms with Gasteiger partial charge in [0, 0.05) is 64.5 Å². The van der Waals surface area contributed by atoms with E-state index in [9.17, 15) is 0 Å². The van der Waals surface area contributed by atoms with Gasteiger partial charge in [-0.3, -0.25) is 4.90 Å². The highest BCUT2D eigenvalue weighted by Crippen LogP contribution is 2.46. The van der Waals surface area contributed by atoms with Crippen LogP contribution in [0.4, 0.5) is 11.5 Å². The lowest BCUT2D eigenvalue weighted by molar-refractivity contribution is 0.0261. The van der Waals surface area contributed by atoms with Crippen LogP contribution in [0, 0.1) is 0 Å². The Hall–Kier alpha value is -3.05. The molecular formula is C27H32ClN5O5. The van der Waals surface area contributed by atoms with Crippen LogP contribution in [0.3, 0.4) is 0 Å². The highest BCUT2D eigenvalue weighted by Gasteiger charge is 2.24. The van der Waals surface area contributed by atoms with Gasteiger partial charge in [-0.15, -0.1) is 0 Å². The summed E-state index contributed by atoms with van der Waals surface area (Å²) in [6.45, 7) is -9.95. The minimum Gasteiger partial charge on any atom is -0.492 e. The fraction of sp³-hybridized carbons (Fsp3) is 0.481. The fourth-order valence-corrected chi connectivity index (χ4v) is 4.44. The van der Waals surface area contributed by atoms with Crippen molar-refractivity contribution in [3.8, 4) is 23.0 Å². The zero-order chi connectivity index (χ0) is 34.7. The van der Waals surface area contributed by atoms with E-state index >= 15 is 0 Å². The summed E-state index contributed by atoms with van der Waals surface area (Å²) in [4.78, 5) is 11.1. The molecule has 6 rings (SSSR count). The van der Waals surface area contributed by atoms with Crippen molar-refractivity contribution in [2.45, 2.75) is 18.9 Å². The summed E-state index contributed by atoms with van der Waals surface area (Å²) in [6, 6.07) is 5.63. The van der Waals surface area contributed by atoms with Gasteiger partial charge in [0.05, 0.1) is 33.3 Å². The van der Waals surface area contributed by atoms with Gasteiger partial charge in [-0.05, 0) is 19.1 Å². The maximum absolute atomic E-state index is 8.96. The maximum atomic E-state index is 8.96. The first-order valence-electron chi connectivity index (χ1n) is 17.1. The van der Waals surface area contributed by atoms with Gasteiger partial charge in [-0.2, -0.15) is 0 Å². The Morgan fingerprint density at radius 3 is 2.92 bits per heavy atom. The molecule has 2 aromatic carbocycles. The van der Waals surface area contributed by atoms with Crippen molar-refractivity contribution in [3.63, 3.8) is 0 Å². The molecule has 4 heterocycles. The quantitative estimate of drug-likeness (QED) is 0.444. The Morgan fingerprint density at radius 2 is 2.08 bits per heavy atom. The van der Waals surface area contributed by atoms with Crippen LogP contribution < -0.4 is 24.3 Å². The molecule has 202 valence electrons. The molecule has 3 aliphatic rings. The van der Waals surface area contributed by atoms with Crippen LogP contribution in [0.1, 0.15) is 26.5 Å². The predicted molar refractivity (Wildman–Crippen MR) is 144 cm³/mol. The summed E-state index contributed by atoms with van der Waals surface area (Å²) in [6.07, 6.45) is 0.167. The van der Waals surface area contributed by atoms with Crippen molar-refractivity contribution in [3.05, 3.63) is 35.6 Å². The molecule has 1 aromatic heterocycles. The molecule has 3 aliphatic heterocycles. The van der Waals surface area contributed by atoms with Crippen LogP contribution in [0.5, 0.6) is 23.0 Å². The fourth-order valence-electron chi connectivity index (χ4n) is 4.25. The molecule has 0 atom stereocenters. The Kier molecular flexibility index (Phi) is 4.83. The number of benzene rings is 2. The number of hydrogen-bond acceptors (Lipinski definition) is 10. The smallest absolute Gasteiger partial charge is 0.231 e. The minimum atomic E-state index is -2.94. The molecular weight excluding hydrogens is 510 g/mol. The number of anilines is 2. The number of nitrogens with one attached hydrogen (secondary N) is 1. The summed E-state index contributed by atoms with van der Waals surface area (Å²) in [5.74, 6) is 0.0750. The van der Waals surface area contributed by atoms with E-state index < -0.39 is 32.9 Å². The van der Waals surface area contributed by atoms with Gasteiger partial charge in [0.2, 0.25) is 6.75 Å². The average molecular weight is 552 g/mol. The van der Waals surface area contributed by atoms with Crippen molar-refractivity contribution in [2.24, 2.45) is 0 Å². The first-order chi connectivity index (χ1) is 22.4. The van der Waals surface area contributed by atoms with Gasteiger partial charge >= 0.3 is 0 Å². The number of piperazine rings is 1. The molecule has 0 aliphatic carbocycles. The molecule has 0 bridgehead atoms. The van der Waals surface area contributed by atoms with Crippen molar-refractivity contribution in [1.82, 2.24) is 19.8 Å². The maximum Gasteiger partial charge on any atom is 0.231 e. The second-order valence-corrected chi connectivity index (χ2v) is 9.15. The van der Waals surface area contributed by atoms with Gasteiger partial charge in [-0.1, -0.05) is 11.6 Å². The van der Waals surface area contributed by atoms with Crippen molar-refractivity contribution < 1.29 is 37.4 Å². The highest BCUT2D eigenvalue weighted by atomic mass is 35.5. The third-order valence-corrected chi connectivity index (χ3v) is 6.56. The summed E-state index contributed by atoms with van der Waals surface area (Å²) in [7, 11) is 0. The van der Waals surface area contributed by atoms with Gasteiger partial charge in [0.25, 0.3) is 0 Å². The Bertz CT molecular complexity index is 1690. The van der Waals surface area contributed by atoms with E-state index in [-0.39, 0.29) is 103 Å². The topological polar surface area (TPSA) is 90.4 Å². The number of rotatable bonds is 8. The second kappa shape index (κ2) is 11.4. The van der Waals surface area contributed by atoms with E-state index in [1.807, 2.05) is 0 Å². The van der Waals surface area contributed by atoms with Gasteiger partial charge < -0.3 is 33.9 Å². The molecule has 0 saturated carbocycles. The molecule has 0 unspecified atom stereocenters. The number of likely N-dealkylation sites (N-methyl/N-ethyl adjacent to an activating group) is 1. The van der Waals surface area contributed by atoms with E-state index in [2.05, 4.69) is 15.3 Å². The molecule has 3 aromatic rings. The molecule has 0 spiro atoms. The molecule has 0 amide bonds. The number of fused-ring (bicyclic) bond motifs is 2. The third-order valence-electron chi connectivity index (χ3n) is 6.24. The van der Waals surface area contributed by atoms with E-state index in [0.29, 0.717) is 0 Å². The summed E-state index contributed by atoms with van der Waals surface area (Å²) < 4.78 is 110. The van der Waals surface area contributed by atoms with E-state index in [4.69, 9.17) is 49.0 Å². The lowest BCUT2D eigenvalue weighted by Gasteiger charge is -2.32. The number of hydrogen-bond donors (Lipinski definition) is 1. The van der Waals surface area contributed by atoms with E-state index in [1.165, 1.54) is 40.4 Å². The number of aromatic nitrogens is 2. The molecule has 2 saturated heterocycles. The van der Waals surface area contributed by atoms with E-state index in [0.717, 1.165) is 0 Å². The zero-order valence-electron chi connectivity index (χ0n) is 30.3. The van der Waals surface area contributed by atoms with Crippen LogP contribution in [0.15, 0.2) is 30.6 Å². The average Bonchev–Trinajstić information content (AvgIpc) is 3.32.